The van der Waals surface area contributed by atoms with Gasteiger partial charge in [0, 0.05) is 50.0 Å². The van der Waals surface area contributed by atoms with Gasteiger partial charge in [-0.25, -0.2) is 4.79 Å². The number of amides is 3. The minimum Gasteiger partial charge on any atom is -0.478 e. The highest BCUT2D eigenvalue weighted by Gasteiger charge is 2.20. The van der Waals surface area contributed by atoms with Gasteiger partial charge < -0.3 is 25.4 Å². The van der Waals surface area contributed by atoms with Crippen LogP contribution in [0.2, 0.25) is 0 Å². The fraction of sp³-hybridized carbons (Fsp3) is 0.238. The molecule has 0 radical (unpaired) electrons. The summed E-state index contributed by atoms with van der Waals surface area (Å²) < 4.78 is 5.41. The van der Waals surface area contributed by atoms with Crippen molar-refractivity contribution in [3.05, 3.63) is 142 Å². The number of carboxylic acids is 1. The lowest BCUT2D eigenvalue weighted by molar-refractivity contribution is 0.0338. The molecular formula is C42H42N4O6. The fourth-order valence-corrected chi connectivity index (χ4v) is 6.30. The van der Waals surface area contributed by atoms with E-state index in [1.807, 2.05) is 61.5 Å². The number of nitrogens with one attached hydrogen (secondary N) is 2. The predicted molar refractivity (Wildman–Crippen MR) is 203 cm³/mol. The predicted octanol–water partition coefficient (Wildman–Crippen LogP) is 6.54. The van der Waals surface area contributed by atoms with Crippen LogP contribution in [0, 0.1) is 6.92 Å². The van der Waals surface area contributed by atoms with Crippen molar-refractivity contribution in [2.75, 3.05) is 57.1 Å². The smallest absolute Gasteiger partial charge is 0.335 e. The Morgan fingerprint density at radius 1 is 0.750 bits per heavy atom. The van der Waals surface area contributed by atoms with E-state index in [4.69, 9.17) is 9.84 Å². The van der Waals surface area contributed by atoms with Crippen molar-refractivity contribution in [3.8, 4) is 0 Å². The van der Waals surface area contributed by atoms with E-state index in [-0.39, 0.29) is 17.4 Å². The van der Waals surface area contributed by atoms with E-state index >= 15 is 0 Å². The number of carboxylic acid groups (broad SMARTS) is 1. The first-order chi connectivity index (χ1) is 25.1. The van der Waals surface area contributed by atoms with Crippen molar-refractivity contribution in [1.29, 1.82) is 0 Å². The number of carbonyl (C=O) groups excluding carboxylic acids is 3. The Kier molecular flexibility index (Phi) is 11.4. The van der Waals surface area contributed by atoms with Gasteiger partial charge in [0.25, 0.3) is 17.7 Å². The monoisotopic (exact) mass is 698 g/mol. The van der Waals surface area contributed by atoms with E-state index in [9.17, 15) is 19.2 Å². The Labute approximate surface area is 303 Å². The topological polar surface area (TPSA) is 128 Å². The molecule has 5 aromatic carbocycles. The van der Waals surface area contributed by atoms with E-state index in [1.165, 1.54) is 0 Å². The van der Waals surface area contributed by atoms with Gasteiger partial charge in [0.15, 0.2) is 0 Å². The van der Waals surface area contributed by atoms with Gasteiger partial charge in [-0.2, -0.15) is 0 Å². The third-order valence-corrected chi connectivity index (χ3v) is 9.44. The molecule has 0 spiro atoms. The Morgan fingerprint density at radius 3 is 2.17 bits per heavy atom. The number of fused-ring (bicyclic) bond motifs is 1. The minimum atomic E-state index is -0.949. The van der Waals surface area contributed by atoms with Gasteiger partial charge in [0.2, 0.25) is 0 Å². The molecule has 10 nitrogen and oxygen atoms in total. The third-order valence-electron chi connectivity index (χ3n) is 9.44. The number of benzene rings is 5. The van der Waals surface area contributed by atoms with Crippen LogP contribution in [-0.4, -0.2) is 85.0 Å². The minimum absolute atomic E-state index is 0.176. The second-order valence-electron chi connectivity index (χ2n) is 13.1. The first kappa shape index (κ1) is 36.0. The molecule has 1 fully saturated rings. The van der Waals surface area contributed by atoms with Crippen molar-refractivity contribution in [3.63, 3.8) is 0 Å². The van der Waals surface area contributed by atoms with Crippen LogP contribution in [0.1, 0.15) is 58.1 Å². The van der Waals surface area contributed by atoms with Crippen LogP contribution in [0.3, 0.4) is 0 Å². The Hall–Kier alpha value is -5.84. The van der Waals surface area contributed by atoms with Crippen LogP contribution in [0.5, 0.6) is 0 Å². The summed E-state index contributed by atoms with van der Waals surface area (Å²) in [6.45, 7) is 6.35. The number of carbonyl (C=O) groups is 4. The number of anilines is 2. The normalized spacial score (nSPS) is 13.0. The highest BCUT2D eigenvalue weighted by atomic mass is 16.5. The van der Waals surface area contributed by atoms with Gasteiger partial charge >= 0.3 is 5.97 Å². The fourth-order valence-electron chi connectivity index (χ4n) is 6.30. The molecular weight excluding hydrogens is 656 g/mol. The molecule has 1 saturated heterocycles. The molecule has 0 saturated carbocycles. The van der Waals surface area contributed by atoms with Crippen LogP contribution in [-0.2, 0) is 17.6 Å². The van der Waals surface area contributed by atoms with Gasteiger partial charge in [-0.1, -0.05) is 48.5 Å². The molecule has 52 heavy (non-hydrogen) atoms. The first-order valence-electron chi connectivity index (χ1n) is 17.4. The third kappa shape index (κ3) is 8.90. The van der Waals surface area contributed by atoms with Crippen molar-refractivity contribution in [1.82, 2.24) is 9.80 Å². The van der Waals surface area contributed by atoms with Gasteiger partial charge in [-0.15, -0.1) is 0 Å². The molecule has 1 heterocycles. The highest BCUT2D eigenvalue weighted by Crippen LogP contribution is 2.27. The van der Waals surface area contributed by atoms with Crippen molar-refractivity contribution in [2.24, 2.45) is 0 Å². The standard InChI is InChI=1S/C42H42N4O6/c1-28-24-36(17-16-30(28)13-10-29-11-14-31(15-12-29)42(50)51)43-40(48)37-26-32-6-3-4-7-33(32)27-38(37)44-39(47)34-8-5-9-35(25-34)41(49)45(2)18-19-46-20-22-52-23-21-46/h3-9,11-12,14-17,24-27H,10,13,18-23H2,1-2H3,(H,43,48)(H,44,47)(H,50,51). The van der Waals surface area contributed by atoms with E-state index in [0.29, 0.717) is 47.8 Å². The molecule has 1 aliphatic rings. The van der Waals surface area contributed by atoms with Crippen LogP contribution in [0.25, 0.3) is 10.8 Å². The van der Waals surface area contributed by atoms with E-state index in [1.54, 1.807) is 60.5 Å². The number of hydrogen-bond donors (Lipinski definition) is 3. The number of likely N-dealkylation sites (N-methyl/N-ethyl adjacent to an activating group) is 1. The molecule has 1 aliphatic heterocycles. The number of nitrogens with zero attached hydrogens (tertiary/aromatic N) is 2. The Morgan fingerprint density at radius 2 is 1.46 bits per heavy atom. The number of ether oxygens (including phenoxy) is 1. The second-order valence-corrected chi connectivity index (χ2v) is 13.1. The van der Waals surface area contributed by atoms with Crippen LogP contribution in [0.4, 0.5) is 11.4 Å². The van der Waals surface area contributed by atoms with Crippen molar-refractivity contribution >= 4 is 45.8 Å². The zero-order valence-corrected chi connectivity index (χ0v) is 29.4. The zero-order chi connectivity index (χ0) is 36.6. The summed E-state index contributed by atoms with van der Waals surface area (Å²) in [7, 11) is 1.76. The van der Waals surface area contributed by atoms with Crippen molar-refractivity contribution in [2.45, 2.75) is 19.8 Å². The van der Waals surface area contributed by atoms with E-state index in [2.05, 4.69) is 15.5 Å². The summed E-state index contributed by atoms with van der Waals surface area (Å²) in [5.74, 6) is -1.94. The lowest BCUT2D eigenvalue weighted by Crippen LogP contribution is -2.41. The number of hydrogen-bond acceptors (Lipinski definition) is 6. The molecule has 10 heteroatoms. The van der Waals surface area contributed by atoms with Gasteiger partial charge in [-0.05, 0) is 102 Å². The summed E-state index contributed by atoms with van der Waals surface area (Å²) in [5, 5.41) is 16.8. The summed E-state index contributed by atoms with van der Waals surface area (Å²) >= 11 is 0. The highest BCUT2D eigenvalue weighted by molar-refractivity contribution is 6.15. The molecule has 0 aliphatic carbocycles. The number of rotatable bonds is 12. The zero-order valence-electron chi connectivity index (χ0n) is 29.4. The van der Waals surface area contributed by atoms with Crippen molar-refractivity contribution < 1.29 is 29.0 Å². The lowest BCUT2D eigenvalue weighted by atomic mass is 9.99. The van der Waals surface area contributed by atoms with E-state index in [0.717, 1.165) is 59.9 Å². The average molecular weight is 699 g/mol. The molecule has 0 atom stereocenters. The Balaban J connectivity index is 1.15. The van der Waals surface area contributed by atoms with Crippen LogP contribution >= 0.6 is 0 Å². The van der Waals surface area contributed by atoms with Gasteiger partial charge in [0.05, 0.1) is 30.0 Å². The molecule has 0 unspecified atom stereocenters. The van der Waals surface area contributed by atoms with E-state index < -0.39 is 11.9 Å². The maximum atomic E-state index is 13.8. The quantitative estimate of drug-likeness (QED) is 0.135. The molecule has 3 amide bonds. The van der Waals surface area contributed by atoms with Gasteiger partial charge in [0.1, 0.15) is 0 Å². The summed E-state index contributed by atoms with van der Waals surface area (Å²) in [6, 6.07) is 30.4. The second kappa shape index (κ2) is 16.5. The number of aromatic carboxylic acids is 1. The summed E-state index contributed by atoms with van der Waals surface area (Å²) in [6.07, 6.45) is 1.50. The van der Waals surface area contributed by atoms with Crippen LogP contribution in [0.15, 0.2) is 103 Å². The maximum absolute atomic E-state index is 13.8. The Bertz CT molecular complexity index is 2110. The molecule has 266 valence electrons. The molecule has 0 bridgehead atoms. The molecule has 0 aromatic heterocycles. The lowest BCUT2D eigenvalue weighted by Gasteiger charge is -2.28. The largest absolute Gasteiger partial charge is 0.478 e. The summed E-state index contributed by atoms with van der Waals surface area (Å²) in [4.78, 5) is 55.8. The number of morpholine rings is 1. The van der Waals surface area contributed by atoms with Crippen LogP contribution < -0.4 is 10.6 Å². The summed E-state index contributed by atoms with van der Waals surface area (Å²) in [5.41, 5.74) is 5.39. The first-order valence-corrected chi connectivity index (χ1v) is 17.4. The molecule has 5 aromatic rings. The molecule has 3 N–H and O–H groups in total. The maximum Gasteiger partial charge on any atom is 0.335 e. The SMILES string of the molecule is Cc1cc(NC(=O)c2cc3ccccc3cc2NC(=O)c2cccc(C(=O)N(C)CCN3CCOCC3)c2)ccc1CCc1ccc(C(=O)O)cc1. The van der Waals surface area contributed by atoms with Gasteiger partial charge in [-0.3, -0.25) is 19.3 Å². The number of aryl methyl sites for hydroxylation is 3. The average Bonchev–Trinajstić information content (AvgIpc) is 3.16. The molecule has 6 rings (SSSR count).